The number of esters is 1. The molecule has 0 atom stereocenters. The number of rotatable bonds is 6. The Hall–Kier alpha value is -1.01. The standard InChI is InChI=1S/C14H21NO3S2/c1-6-18-14(17)12-9(4)10(5)20-13(12)15-11(16)7-19-8(2)3/h8H,6-7H2,1-5H3,(H,15,16). The minimum atomic E-state index is -0.374. The Morgan fingerprint density at radius 3 is 2.55 bits per heavy atom. The van der Waals surface area contributed by atoms with E-state index in [1.807, 2.05) is 27.7 Å². The van der Waals surface area contributed by atoms with Gasteiger partial charge in [0, 0.05) is 4.88 Å². The molecule has 0 aliphatic heterocycles. The maximum atomic E-state index is 12.0. The molecule has 1 aromatic rings. The van der Waals surface area contributed by atoms with Crippen molar-refractivity contribution in [2.24, 2.45) is 0 Å². The third kappa shape index (κ3) is 4.52. The fourth-order valence-corrected chi connectivity index (χ4v) is 3.19. The summed E-state index contributed by atoms with van der Waals surface area (Å²) < 4.78 is 5.05. The smallest absolute Gasteiger partial charge is 0.341 e. The van der Waals surface area contributed by atoms with E-state index < -0.39 is 0 Å². The number of carbonyl (C=O) groups excluding carboxylic acids is 2. The molecular formula is C14H21NO3S2. The van der Waals surface area contributed by atoms with Gasteiger partial charge < -0.3 is 10.1 Å². The molecule has 0 fully saturated rings. The first-order valence-corrected chi connectivity index (χ1v) is 8.41. The molecule has 0 aliphatic rings. The lowest BCUT2D eigenvalue weighted by Gasteiger charge is -2.08. The van der Waals surface area contributed by atoms with Gasteiger partial charge >= 0.3 is 5.97 Å². The largest absolute Gasteiger partial charge is 0.462 e. The molecule has 0 unspecified atom stereocenters. The number of hydrogen-bond donors (Lipinski definition) is 1. The van der Waals surface area contributed by atoms with E-state index in [0.29, 0.717) is 28.2 Å². The molecule has 112 valence electrons. The summed E-state index contributed by atoms with van der Waals surface area (Å²) in [6, 6.07) is 0. The van der Waals surface area contributed by atoms with Crippen molar-refractivity contribution < 1.29 is 14.3 Å². The number of amides is 1. The van der Waals surface area contributed by atoms with Crippen LogP contribution < -0.4 is 5.32 Å². The van der Waals surface area contributed by atoms with Gasteiger partial charge in [0.2, 0.25) is 5.91 Å². The fraction of sp³-hybridized carbons (Fsp3) is 0.571. The van der Waals surface area contributed by atoms with Crippen LogP contribution in [0.4, 0.5) is 5.00 Å². The second kappa shape index (κ2) is 7.69. The summed E-state index contributed by atoms with van der Waals surface area (Å²) in [7, 11) is 0. The molecule has 1 amide bonds. The summed E-state index contributed by atoms with van der Waals surface area (Å²) in [4.78, 5) is 24.9. The summed E-state index contributed by atoms with van der Waals surface area (Å²) in [6.07, 6.45) is 0. The molecule has 4 nitrogen and oxygen atoms in total. The van der Waals surface area contributed by atoms with Crippen LogP contribution in [-0.2, 0) is 9.53 Å². The minimum absolute atomic E-state index is 0.0875. The number of hydrogen-bond acceptors (Lipinski definition) is 5. The van der Waals surface area contributed by atoms with Crippen LogP contribution >= 0.6 is 23.1 Å². The highest BCUT2D eigenvalue weighted by Gasteiger charge is 2.21. The molecule has 0 aromatic carbocycles. The minimum Gasteiger partial charge on any atom is -0.462 e. The lowest BCUT2D eigenvalue weighted by atomic mass is 10.1. The predicted octanol–water partition coefficient (Wildman–Crippen LogP) is 3.62. The monoisotopic (exact) mass is 315 g/mol. The van der Waals surface area contributed by atoms with Crippen molar-refractivity contribution in [3.63, 3.8) is 0 Å². The van der Waals surface area contributed by atoms with E-state index in [1.54, 1.807) is 18.7 Å². The first-order valence-electron chi connectivity index (χ1n) is 6.55. The third-order valence-electron chi connectivity index (χ3n) is 2.67. The molecule has 1 aromatic heterocycles. The van der Waals surface area contributed by atoms with E-state index in [9.17, 15) is 9.59 Å². The molecule has 20 heavy (non-hydrogen) atoms. The van der Waals surface area contributed by atoms with Crippen LogP contribution in [0.1, 0.15) is 41.6 Å². The zero-order valence-electron chi connectivity index (χ0n) is 12.5. The SMILES string of the molecule is CCOC(=O)c1c(NC(=O)CSC(C)C)sc(C)c1C. The molecule has 0 saturated heterocycles. The van der Waals surface area contributed by atoms with Gasteiger partial charge in [0.15, 0.2) is 0 Å². The van der Waals surface area contributed by atoms with Crippen molar-refractivity contribution in [3.8, 4) is 0 Å². The predicted molar refractivity (Wildman–Crippen MR) is 86.0 cm³/mol. The average molecular weight is 315 g/mol. The van der Waals surface area contributed by atoms with Gasteiger partial charge in [0.05, 0.1) is 17.9 Å². The van der Waals surface area contributed by atoms with E-state index in [2.05, 4.69) is 5.32 Å². The topological polar surface area (TPSA) is 55.4 Å². The Morgan fingerprint density at radius 2 is 2.00 bits per heavy atom. The number of thiophene rings is 1. The molecule has 0 saturated carbocycles. The van der Waals surface area contributed by atoms with Gasteiger partial charge in [-0.15, -0.1) is 23.1 Å². The van der Waals surface area contributed by atoms with Crippen molar-refractivity contribution in [1.82, 2.24) is 0 Å². The molecule has 1 N–H and O–H groups in total. The summed E-state index contributed by atoms with van der Waals surface area (Å²) in [5, 5.41) is 3.82. The van der Waals surface area contributed by atoms with Gasteiger partial charge in [-0.1, -0.05) is 13.8 Å². The summed E-state index contributed by atoms with van der Waals surface area (Å²) in [5.41, 5.74) is 1.36. The molecule has 0 spiro atoms. The summed E-state index contributed by atoms with van der Waals surface area (Å²) in [6.45, 7) is 9.98. The van der Waals surface area contributed by atoms with Crippen molar-refractivity contribution in [3.05, 3.63) is 16.0 Å². The van der Waals surface area contributed by atoms with Crippen LogP contribution in [0.25, 0.3) is 0 Å². The quantitative estimate of drug-likeness (QED) is 0.815. The zero-order chi connectivity index (χ0) is 15.3. The highest BCUT2D eigenvalue weighted by molar-refractivity contribution is 8.00. The Bertz CT molecular complexity index is 495. The van der Waals surface area contributed by atoms with Gasteiger partial charge in [-0.25, -0.2) is 4.79 Å². The first kappa shape index (κ1) is 17.0. The van der Waals surface area contributed by atoms with Crippen molar-refractivity contribution in [1.29, 1.82) is 0 Å². The number of ether oxygens (including phenoxy) is 1. The second-order valence-corrected chi connectivity index (χ2v) is 7.41. The van der Waals surface area contributed by atoms with E-state index in [1.165, 1.54) is 11.3 Å². The first-order chi connectivity index (χ1) is 9.36. The molecule has 1 heterocycles. The summed E-state index contributed by atoms with van der Waals surface area (Å²) >= 11 is 2.99. The maximum absolute atomic E-state index is 12.0. The number of aryl methyl sites for hydroxylation is 1. The Labute approximate surface area is 128 Å². The van der Waals surface area contributed by atoms with Gasteiger partial charge in [0.1, 0.15) is 5.00 Å². The van der Waals surface area contributed by atoms with Crippen LogP contribution in [0.3, 0.4) is 0 Å². The van der Waals surface area contributed by atoms with Gasteiger partial charge in [-0.2, -0.15) is 0 Å². The Kier molecular flexibility index (Phi) is 6.55. The molecule has 1 rings (SSSR count). The van der Waals surface area contributed by atoms with E-state index in [0.717, 1.165) is 10.4 Å². The summed E-state index contributed by atoms with van der Waals surface area (Å²) in [5.74, 6) is -0.0766. The number of nitrogens with one attached hydrogen (secondary N) is 1. The fourth-order valence-electron chi connectivity index (χ4n) is 1.57. The highest BCUT2D eigenvalue weighted by atomic mass is 32.2. The Balaban J connectivity index is 2.87. The van der Waals surface area contributed by atoms with Crippen molar-refractivity contribution >= 4 is 40.0 Å². The molecule has 6 heteroatoms. The van der Waals surface area contributed by atoms with Gasteiger partial charge in [-0.05, 0) is 31.6 Å². The van der Waals surface area contributed by atoms with Crippen LogP contribution in [-0.4, -0.2) is 29.5 Å². The van der Waals surface area contributed by atoms with E-state index in [4.69, 9.17) is 4.74 Å². The van der Waals surface area contributed by atoms with Crippen LogP contribution in [0.5, 0.6) is 0 Å². The second-order valence-electron chi connectivity index (χ2n) is 4.62. The third-order valence-corrected chi connectivity index (χ3v) is 4.88. The van der Waals surface area contributed by atoms with Crippen LogP contribution in [0.2, 0.25) is 0 Å². The molecular weight excluding hydrogens is 294 g/mol. The van der Waals surface area contributed by atoms with Crippen LogP contribution in [0.15, 0.2) is 0 Å². The Morgan fingerprint density at radius 1 is 1.35 bits per heavy atom. The van der Waals surface area contributed by atoms with Crippen molar-refractivity contribution in [2.45, 2.75) is 39.9 Å². The maximum Gasteiger partial charge on any atom is 0.341 e. The lowest BCUT2D eigenvalue weighted by Crippen LogP contribution is -2.17. The van der Waals surface area contributed by atoms with Crippen molar-refractivity contribution in [2.75, 3.05) is 17.7 Å². The van der Waals surface area contributed by atoms with Crippen LogP contribution in [0, 0.1) is 13.8 Å². The number of anilines is 1. The average Bonchev–Trinajstić information content (AvgIpc) is 2.62. The highest BCUT2D eigenvalue weighted by Crippen LogP contribution is 2.33. The molecule has 0 bridgehead atoms. The van der Waals surface area contributed by atoms with Gasteiger partial charge in [0.25, 0.3) is 0 Å². The van der Waals surface area contributed by atoms with E-state index >= 15 is 0 Å². The molecule has 0 radical (unpaired) electrons. The number of thioether (sulfide) groups is 1. The van der Waals surface area contributed by atoms with Gasteiger partial charge in [-0.3, -0.25) is 4.79 Å². The van der Waals surface area contributed by atoms with E-state index in [-0.39, 0.29) is 11.9 Å². The lowest BCUT2D eigenvalue weighted by molar-refractivity contribution is -0.113. The number of carbonyl (C=O) groups is 2. The molecule has 0 aliphatic carbocycles. The normalized spacial score (nSPS) is 10.7. The zero-order valence-corrected chi connectivity index (χ0v) is 14.2.